The number of benzene rings is 1. The highest BCUT2D eigenvalue weighted by Gasteiger charge is 2.23. The number of rotatable bonds is 11. The van der Waals surface area contributed by atoms with Gasteiger partial charge in [-0.3, -0.25) is 4.79 Å². The highest BCUT2D eigenvalue weighted by Crippen LogP contribution is 2.27. The molecule has 2 N–H and O–H groups in total. The summed E-state index contributed by atoms with van der Waals surface area (Å²) < 4.78 is 10.4. The predicted octanol–water partition coefficient (Wildman–Crippen LogP) is 4.38. The Kier molecular flexibility index (Phi) is 10.9. The van der Waals surface area contributed by atoms with Gasteiger partial charge in [0.1, 0.15) is 11.8 Å². The van der Waals surface area contributed by atoms with Gasteiger partial charge in [-0.15, -0.1) is 0 Å². The Bertz CT molecular complexity index is 645. The summed E-state index contributed by atoms with van der Waals surface area (Å²) >= 11 is 1.74. The number of carbonyl (C=O) groups is 2. The summed E-state index contributed by atoms with van der Waals surface area (Å²) in [6.45, 7) is 4.69. The van der Waals surface area contributed by atoms with Crippen molar-refractivity contribution in [3.63, 3.8) is 0 Å². The van der Waals surface area contributed by atoms with E-state index >= 15 is 0 Å². The van der Waals surface area contributed by atoms with Crippen molar-refractivity contribution in [1.82, 2.24) is 10.6 Å². The Morgan fingerprint density at radius 2 is 1.83 bits per heavy atom. The van der Waals surface area contributed by atoms with Crippen molar-refractivity contribution in [3.8, 4) is 5.75 Å². The molecule has 0 heterocycles. The number of amides is 2. The van der Waals surface area contributed by atoms with E-state index in [1.807, 2.05) is 38.1 Å². The first-order valence-corrected chi connectivity index (χ1v) is 12.0. The molecule has 1 aliphatic rings. The van der Waals surface area contributed by atoms with Gasteiger partial charge in [-0.05, 0) is 48.1 Å². The Hall–Kier alpha value is -1.89. The number of hydrogen-bond donors (Lipinski definition) is 2. The minimum atomic E-state index is -0.614. The molecule has 1 atom stereocenters. The molecule has 6 nitrogen and oxygen atoms in total. The lowest BCUT2D eigenvalue weighted by Crippen LogP contribution is -2.48. The van der Waals surface area contributed by atoms with Gasteiger partial charge in [-0.2, -0.15) is 11.8 Å². The molecule has 168 valence electrons. The van der Waals surface area contributed by atoms with E-state index in [-0.39, 0.29) is 11.8 Å². The fraction of sp³-hybridized carbons (Fsp3) is 0.652. The molecule has 0 aliphatic heterocycles. The van der Waals surface area contributed by atoms with Gasteiger partial charge in [0, 0.05) is 12.3 Å². The van der Waals surface area contributed by atoms with Crippen LogP contribution in [-0.2, 0) is 16.1 Å². The molecule has 2 amide bonds. The summed E-state index contributed by atoms with van der Waals surface area (Å²) in [5.74, 6) is 3.13. The van der Waals surface area contributed by atoms with E-state index in [2.05, 4.69) is 10.6 Å². The van der Waals surface area contributed by atoms with Crippen LogP contribution in [-0.4, -0.2) is 43.3 Å². The highest BCUT2D eigenvalue weighted by molar-refractivity contribution is 7.99. The second-order valence-electron chi connectivity index (χ2n) is 8.30. The zero-order chi connectivity index (χ0) is 21.8. The zero-order valence-electron chi connectivity index (χ0n) is 18.4. The standard InChI is InChI=1S/C23H36N2O4S/c1-17(2)14-29-23(27)25-21(16-30-15-19-7-5-4-6-8-19)22(26)24-13-18-9-11-20(28-3)12-10-18/h9-12,17,19,21H,4-8,13-16H2,1-3H3,(H,24,26)(H,25,27)/t21-/m0/s1. The third-order valence-electron chi connectivity index (χ3n) is 5.14. The zero-order valence-corrected chi connectivity index (χ0v) is 19.3. The lowest BCUT2D eigenvalue weighted by atomic mass is 9.91. The maximum absolute atomic E-state index is 12.8. The molecule has 0 aromatic heterocycles. The number of hydrogen-bond acceptors (Lipinski definition) is 5. The van der Waals surface area contributed by atoms with Crippen LogP contribution >= 0.6 is 11.8 Å². The number of ether oxygens (including phenoxy) is 2. The monoisotopic (exact) mass is 436 g/mol. The molecule has 7 heteroatoms. The van der Waals surface area contributed by atoms with E-state index in [4.69, 9.17) is 9.47 Å². The molecule has 0 unspecified atom stereocenters. The lowest BCUT2D eigenvalue weighted by molar-refractivity contribution is -0.122. The summed E-state index contributed by atoms with van der Waals surface area (Å²) in [7, 11) is 1.62. The fourth-order valence-corrected chi connectivity index (χ4v) is 4.64. The second-order valence-corrected chi connectivity index (χ2v) is 9.37. The average molecular weight is 437 g/mol. The van der Waals surface area contributed by atoms with Gasteiger partial charge < -0.3 is 20.1 Å². The van der Waals surface area contributed by atoms with Crippen LogP contribution in [0, 0.1) is 11.8 Å². The third kappa shape index (κ3) is 9.28. The summed E-state index contributed by atoms with van der Waals surface area (Å²) in [6.07, 6.45) is 5.94. The molecule has 1 aromatic carbocycles. The molecule has 1 saturated carbocycles. The fourth-order valence-electron chi connectivity index (χ4n) is 3.37. The smallest absolute Gasteiger partial charge is 0.407 e. The Morgan fingerprint density at radius 3 is 2.47 bits per heavy atom. The van der Waals surface area contributed by atoms with Crippen LogP contribution in [0.15, 0.2) is 24.3 Å². The van der Waals surface area contributed by atoms with Crippen molar-refractivity contribution in [2.24, 2.45) is 11.8 Å². The SMILES string of the molecule is COc1ccc(CNC(=O)[C@H](CSCC2CCCCC2)NC(=O)OCC(C)C)cc1. The van der Waals surface area contributed by atoms with Crippen molar-refractivity contribution >= 4 is 23.8 Å². The van der Waals surface area contributed by atoms with Gasteiger partial charge in [0.05, 0.1) is 13.7 Å². The van der Waals surface area contributed by atoms with Gasteiger partial charge in [0.2, 0.25) is 5.91 Å². The quantitative estimate of drug-likeness (QED) is 0.538. The van der Waals surface area contributed by atoms with Crippen molar-refractivity contribution in [1.29, 1.82) is 0 Å². The first kappa shape index (κ1) is 24.4. The minimum Gasteiger partial charge on any atom is -0.497 e. The van der Waals surface area contributed by atoms with Crippen LogP contribution in [0.3, 0.4) is 0 Å². The first-order chi connectivity index (χ1) is 14.5. The summed E-state index contributed by atoms with van der Waals surface area (Å²) in [5.41, 5.74) is 0.972. The summed E-state index contributed by atoms with van der Waals surface area (Å²) in [4.78, 5) is 24.9. The van der Waals surface area contributed by atoms with Crippen LogP contribution in [0.25, 0.3) is 0 Å². The summed E-state index contributed by atoms with van der Waals surface area (Å²) in [6, 6.07) is 6.93. The van der Waals surface area contributed by atoms with Gasteiger partial charge in [-0.25, -0.2) is 4.79 Å². The van der Waals surface area contributed by atoms with Crippen LogP contribution in [0.1, 0.15) is 51.5 Å². The number of nitrogens with one attached hydrogen (secondary N) is 2. The average Bonchev–Trinajstić information content (AvgIpc) is 2.76. The third-order valence-corrected chi connectivity index (χ3v) is 6.42. The Balaban J connectivity index is 1.86. The highest BCUT2D eigenvalue weighted by atomic mass is 32.2. The maximum atomic E-state index is 12.8. The van der Waals surface area contributed by atoms with E-state index in [1.54, 1.807) is 18.9 Å². The minimum absolute atomic E-state index is 0.191. The molecule has 0 radical (unpaired) electrons. The van der Waals surface area contributed by atoms with E-state index in [0.717, 1.165) is 23.0 Å². The Labute approximate surface area is 184 Å². The van der Waals surface area contributed by atoms with Crippen LogP contribution < -0.4 is 15.4 Å². The molecule has 1 aliphatic carbocycles. The number of carbonyl (C=O) groups excluding carboxylic acids is 2. The molecule has 2 rings (SSSR count). The number of thioether (sulfide) groups is 1. The lowest BCUT2D eigenvalue weighted by Gasteiger charge is -2.23. The Morgan fingerprint density at radius 1 is 1.13 bits per heavy atom. The molecule has 0 spiro atoms. The van der Waals surface area contributed by atoms with Gasteiger partial charge in [0.25, 0.3) is 0 Å². The molecular formula is C23H36N2O4S. The predicted molar refractivity (Wildman–Crippen MR) is 122 cm³/mol. The first-order valence-electron chi connectivity index (χ1n) is 10.9. The van der Waals surface area contributed by atoms with E-state index < -0.39 is 12.1 Å². The molecule has 30 heavy (non-hydrogen) atoms. The van der Waals surface area contributed by atoms with Crippen molar-refractivity contribution in [2.75, 3.05) is 25.2 Å². The molecule has 1 fully saturated rings. The van der Waals surface area contributed by atoms with Gasteiger partial charge in [-0.1, -0.05) is 45.2 Å². The summed E-state index contributed by atoms with van der Waals surface area (Å²) in [5, 5.41) is 5.68. The van der Waals surface area contributed by atoms with Crippen LogP contribution in [0.2, 0.25) is 0 Å². The van der Waals surface area contributed by atoms with Crippen LogP contribution in [0.4, 0.5) is 4.79 Å². The van der Waals surface area contributed by atoms with Crippen molar-refractivity contribution in [3.05, 3.63) is 29.8 Å². The van der Waals surface area contributed by atoms with E-state index in [9.17, 15) is 9.59 Å². The topological polar surface area (TPSA) is 76.7 Å². The van der Waals surface area contributed by atoms with Crippen molar-refractivity contribution < 1.29 is 19.1 Å². The molecular weight excluding hydrogens is 400 g/mol. The second kappa shape index (κ2) is 13.4. The number of alkyl carbamates (subject to hydrolysis) is 1. The maximum Gasteiger partial charge on any atom is 0.407 e. The largest absolute Gasteiger partial charge is 0.497 e. The van der Waals surface area contributed by atoms with E-state index in [1.165, 1.54) is 32.1 Å². The van der Waals surface area contributed by atoms with Gasteiger partial charge in [0.15, 0.2) is 0 Å². The number of methoxy groups -OCH3 is 1. The van der Waals surface area contributed by atoms with E-state index in [0.29, 0.717) is 18.9 Å². The normalized spacial score (nSPS) is 15.5. The van der Waals surface area contributed by atoms with Crippen LogP contribution in [0.5, 0.6) is 5.75 Å². The van der Waals surface area contributed by atoms with Gasteiger partial charge >= 0.3 is 6.09 Å². The molecule has 1 aromatic rings. The van der Waals surface area contributed by atoms with Crippen molar-refractivity contribution in [2.45, 2.75) is 58.5 Å². The molecule has 0 bridgehead atoms. The molecule has 0 saturated heterocycles.